The largest absolute Gasteiger partial charge is 0.349 e. The summed E-state index contributed by atoms with van der Waals surface area (Å²) < 4.78 is 1.86. The van der Waals surface area contributed by atoms with Crippen molar-refractivity contribution < 1.29 is 4.79 Å². The van der Waals surface area contributed by atoms with Gasteiger partial charge >= 0.3 is 0 Å². The third-order valence-corrected chi connectivity index (χ3v) is 4.75. The molecule has 1 aromatic rings. The van der Waals surface area contributed by atoms with E-state index in [1.54, 1.807) is 0 Å². The maximum Gasteiger partial charge on any atom is 0.252 e. The summed E-state index contributed by atoms with van der Waals surface area (Å²) in [6, 6.07) is 8.10. The molecular weight excluding hydrogens is 433 g/mol. The van der Waals surface area contributed by atoms with Gasteiger partial charge in [0.1, 0.15) is 0 Å². The summed E-state index contributed by atoms with van der Waals surface area (Å²) in [7, 11) is 0. The number of carbonyl (C=O) groups excluding carboxylic acids is 1. The van der Waals surface area contributed by atoms with Crippen LogP contribution in [0.25, 0.3) is 0 Å². The Bertz CT molecular complexity index is 536. The quantitative estimate of drug-likeness (QED) is 0.572. The summed E-state index contributed by atoms with van der Waals surface area (Å²) in [4.78, 5) is 14.4. The third-order valence-electron chi connectivity index (χ3n) is 3.39. The molecule has 0 aromatic heterocycles. The highest BCUT2D eigenvalue weighted by molar-refractivity contribution is 14.1. The number of nitrogens with one attached hydrogen (secondary N) is 1. The molecule has 0 spiro atoms. The molecule has 0 saturated carbocycles. The SMILES string of the molecule is N#CCN1CCC(NC(=O)c2cc(I)ccc2Br)CC1. The number of benzene rings is 1. The van der Waals surface area contributed by atoms with Crippen LogP contribution in [-0.2, 0) is 0 Å². The van der Waals surface area contributed by atoms with Crippen LogP contribution in [0.1, 0.15) is 23.2 Å². The van der Waals surface area contributed by atoms with Gasteiger partial charge in [0.25, 0.3) is 5.91 Å². The molecule has 1 heterocycles. The molecule has 0 unspecified atom stereocenters. The fraction of sp³-hybridized carbons (Fsp3) is 0.429. The minimum atomic E-state index is -0.0332. The first-order chi connectivity index (χ1) is 9.60. The van der Waals surface area contributed by atoms with Crippen molar-refractivity contribution in [2.75, 3.05) is 19.6 Å². The Morgan fingerprint density at radius 2 is 2.20 bits per heavy atom. The van der Waals surface area contributed by atoms with Gasteiger partial charge in [-0.2, -0.15) is 5.26 Å². The molecule has 4 nitrogen and oxygen atoms in total. The fourth-order valence-corrected chi connectivity index (χ4v) is 3.19. The Hall–Kier alpha value is -0.650. The molecule has 0 atom stereocenters. The van der Waals surface area contributed by atoms with Crippen LogP contribution in [0, 0.1) is 14.9 Å². The van der Waals surface area contributed by atoms with E-state index in [0.717, 1.165) is 34.0 Å². The van der Waals surface area contributed by atoms with Gasteiger partial charge in [-0.25, -0.2) is 0 Å². The number of carbonyl (C=O) groups is 1. The number of amides is 1. The van der Waals surface area contributed by atoms with Gasteiger partial charge in [0.15, 0.2) is 0 Å². The molecule has 1 saturated heterocycles. The van der Waals surface area contributed by atoms with Gasteiger partial charge in [-0.1, -0.05) is 0 Å². The molecule has 2 rings (SSSR count). The molecule has 1 fully saturated rings. The van der Waals surface area contributed by atoms with E-state index < -0.39 is 0 Å². The number of piperidine rings is 1. The molecular formula is C14H15BrIN3O. The van der Waals surface area contributed by atoms with E-state index in [1.165, 1.54) is 0 Å². The monoisotopic (exact) mass is 447 g/mol. The average Bonchev–Trinajstić information content (AvgIpc) is 2.44. The molecule has 1 amide bonds. The second-order valence-electron chi connectivity index (χ2n) is 4.81. The lowest BCUT2D eigenvalue weighted by Crippen LogP contribution is -2.44. The van der Waals surface area contributed by atoms with Gasteiger partial charge < -0.3 is 5.32 Å². The van der Waals surface area contributed by atoms with Crippen molar-refractivity contribution in [1.29, 1.82) is 5.26 Å². The van der Waals surface area contributed by atoms with Gasteiger partial charge in [-0.05, 0) is 69.6 Å². The van der Waals surface area contributed by atoms with Gasteiger partial charge in [-0.3, -0.25) is 9.69 Å². The molecule has 0 bridgehead atoms. The van der Waals surface area contributed by atoms with Crippen molar-refractivity contribution in [3.05, 3.63) is 31.8 Å². The zero-order valence-corrected chi connectivity index (χ0v) is 14.6. The molecule has 6 heteroatoms. The first kappa shape index (κ1) is 15.7. The Kier molecular flexibility index (Phi) is 5.81. The number of hydrogen-bond donors (Lipinski definition) is 1. The lowest BCUT2D eigenvalue weighted by molar-refractivity contribution is 0.0913. The fourth-order valence-electron chi connectivity index (χ4n) is 2.27. The highest BCUT2D eigenvalue weighted by Crippen LogP contribution is 2.20. The summed E-state index contributed by atoms with van der Waals surface area (Å²) in [6.07, 6.45) is 1.80. The van der Waals surface area contributed by atoms with Crippen molar-refractivity contribution in [3.63, 3.8) is 0 Å². The zero-order valence-electron chi connectivity index (χ0n) is 10.9. The number of halogens is 2. The minimum Gasteiger partial charge on any atom is -0.349 e. The highest BCUT2D eigenvalue weighted by atomic mass is 127. The van der Waals surface area contributed by atoms with Crippen LogP contribution < -0.4 is 5.32 Å². The van der Waals surface area contributed by atoms with E-state index in [-0.39, 0.29) is 11.9 Å². The second kappa shape index (κ2) is 7.38. The Balaban J connectivity index is 1.93. The molecule has 20 heavy (non-hydrogen) atoms. The maximum absolute atomic E-state index is 12.3. The number of nitrogens with zero attached hydrogens (tertiary/aromatic N) is 2. The molecule has 1 aliphatic heterocycles. The molecule has 0 radical (unpaired) electrons. The molecule has 1 N–H and O–H groups in total. The first-order valence-electron chi connectivity index (χ1n) is 6.45. The van der Waals surface area contributed by atoms with Crippen LogP contribution in [-0.4, -0.2) is 36.5 Å². The lowest BCUT2D eigenvalue weighted by atomic mass is 10.0. The summed E-state index contributed by atoms with van der Waals surface area (Å²) in [5, 5.41) is 11.8. The summed E-state index contributed by atoms with van der Waals surface area (Å²) in [6.45, 7) is 2.21. The first-order valence-corrected chi connectivity index (χ1v) is 8.32. The van der Waals surface area contributed by atoms with E-state index in [4.69, 9.17) is 5.26 Å². The van der Waals surface area contributed by atoms with Crippen molar-refractivity contribution in [3.8, 4) is 6.07 Å². The van der Waals surface area contributed by atoms with Crippen LogP contribution in [0.5, 0.6) is 0 Å². The molecule has 1 aromatic carbocycles. The van der Waals surface area contributed by atoms with E-state index in [9.17, 15) is 4.79 Å². The van der Waals surface area contributed by atoms with E-state index in [0.29, 0.717) is 12.1 Å². The van der Waals surface area contributed by atoms with Crippen molar-refractivity contribution >= 4 is 44.4 Å². The van der Waals surface area contributed by atoms with Crippen molar-refractivity contribution in [2.45, 2.75) is 18.9 Å². The smallest absolute Gasteiger partial charge is 0.252 e. The predicted molar refractivity (Wildman–Crippen MR) is 89.4 cm³/mol. The number of nitriles is 1. The highest BCUT2D eigenvalue weighted by Gasteiger charge is 2.21. The topological polar surface area (TPSA) is 56.1 Å². The molecule has 106 valence electrons. The Morgan fingerprint density at radius 1 is 1.50 bits per heavy atom. The standard InChI is InChI=1S/C14H15BrIN3O/c15-13-2-1-10(16)9-12(13)14(20)18-11-3-6-19(7-4-11)8-5-17/h1-2,9,11H,3-4,6-8H2,(H,18,20). The van der Waals surface area contributed by atoms with Crippen molar-refractivity contribution in [1.82, 2.24) is 10.2 Å². The van der Waals surface area contributed by atoms with Gasteiger partial charge in [0, 0.05) is 27.2 Å². The zero-order chi connectivity index (χ0) is 14.5. The van der Waals surface area contributed by atoms with Crippen LogP contribution >= 0.6 is 38.5 Å². The Morgan fingerprint density at radius 3 is 2.85 bits per heavy atom. The summed E-state index contributed by atoms with van der Waals surface area (Å²) in [5.41, 5.74) is 0.677. The lowest BCUT2D eigenvalue weighted by Gasteiger charge is -2.30. The summed E-state index contributed by atoms with van der Waals surface area (Å²) in [5.74, 6) is -0.0332. The minimum absolute atomic E-state index is 0.0332. The van der Waals surface area contributed by atoms with Gasteiger partial charge in [0.05, 0.1) is 18.2 Å². The average molecular weight is 448 g/mol. The molecule has 1 aliphatic rings. The van der Waals surface area contributed by atoms with E-state index in [2.05, 4.69) is 54.8 Å². The van der Waals surface area contributed by atoms with E-state index >= 15 is 0 Å². The molecule has 0 aliphatic carbocycles. The van der Waals surface area contributed by atoms with Gasteiger partial charge in [-0.15, -0.1) is 0 Å². The summed E-state index contributed by atoms with van der Waals surface area (Å²) >= 11 is 5.62. The van der Waals surface area contributed by atoms with Crippen LogP contribution in [0.2, 0.25) is 0 Å². The number of hydrogen-bond acceptors (Lipinski definition) is 3. The van der Waals surface area contributed by atoms with Crippen LogP contribution in [0.15, 0.2) is 22.7 Å². The number of rotatable bonds is 3. The van der Waals surface area contributed by atoms with Crippen molar-refractivity contribution in [2.24, 2.45) is 0 Å². The van der Waals surface area contributed by atoms with E-state index in [1.807, 2.05) is 18.2 Å². The van der Waals surface area contributed by atoms with Gasteiger partial charge in [0.2, 0.25) is 0 Å². The second-order valence-corrected chi connectivity index (χ2v) is 6.91. The Labute approximate surface area is 140 Å². The van der Waals surface area contributed by atoms with Crippen LogP contribution in [0.4, 0.5) is 0 Å². The predicted octanol–water partition coefficient (Wildman–Crippen LogP) is 2.77. The third kappa shape index (κ3) is 4.17. The maximum atomic E-state index is 12.3. The number of likely N-dealkylation sites (tertiary alicyclic amines) is 1. The van der Waals surface area contributed by atoms with Crippen LogP contribution in [0.3, 0.4) is 0 Å². The normalized spacial score (nSPS) is 16.6.